The van der Waals surface area contributed by atoms with Crippen LogP contribution < -0.4 is 26.5 Å². The zero-order valence-corrected chi connectivity index (χ0v) is 31.1. The Morgan fingerprint density at radius 1 is 0.625 bits per heavy atom. The zero-order valence-electron chi connectivity index (χ0n) is 29.3. The summed E-state index contributed by atoms with van der Waals surface area (Å²) in [5.74, 6) is 0.567. The third-order valence-corrected chi connectivity index (χ3v) is 16.2. The summed E-state index contributed by atoms with van der Waals surface area (Å²) in [4.78, 5) is 0. The van der Waals surface area contributed by atoms with Crippen LogP contribution in [0.4, 0.5) is 0 Å². The fourth-order valence-corrected chi connectivity index (χ4v) is 13.3. The molecule has 0 saturated heterocycles. The Labute approximate surface area is 293 Å². The molecule has 0 amide bonds. The van der Waals surface area contributed by atoms with E-state index in [-0.39, 0.29) is 5.41 Å². The Balaban J connectivity index is 1.41. The average molecular weight is 670 g/mol. The van der Waals surface area contributed by atoms with Crippen LogP contribution in [0.2, 0.25) is 0 Å². The molecule has 0 spiro atoms. The second-order valence-electron chi connectivity index (χ2n) is 13.7. The Morgan fingerprint density at radius 3 is 1.50 bits per heavy atom. The summed E-state index contributed by atoms with van der Waals surface area (Å²) in [5, 5.41) is 9.63. The van der Waals surface area contributed by atoms with Crippen LogP contribution in [-0.2, 0) is 6.54 Å². The molecule has 0 bridgehead atoms. The van der Waals surface area contributed by atoms with Crippen molar-refractivity contribution in [2.24, 2.45) is 11.3 Å². The van der Waals surface area contributed by atoms with Gasteiger partial charge in [-0.25, -0.2) is 0 Å². The molecule has 0 radical (unpaired) electrons. The molecule has 1 N–H and O–H groups in total. The van der Waals surface area contributed by atoms with E-state index in [1.807, 2.05) is 6.08 Å². The predicted molar refractivity (Wildman–Crippen MR) is 216 cm³/mol. The quantitative estimate of drug-likeness (QED) is 0.0768. The third kappa shape index (κ3) is 9.64. The van der Waals surface area contributed by atoms with E-state index in [9.17, 15) is 0 Å². The van der Waals surface area contributed by atoms with Gasteiger partial charge in [0.05, 0.1) is 0 Å². The summed E-state index contributed by atoms with van der Waals surface area (Å²) in [6, 6.07) is 54.2. The Hall–Kier alpha value is -3.34. The number of rotatable bonds is 17. The molecule has 48 heavy (non-hydrogen) atoms. The van der Waals surface area contributed by atoms with Crippen molar-refractivity contribution in [1.82, 2.24) is 5.32 Å². The van der Waals surface area contributed by atoms with E-state index in [0.717, 1.165) is 13.1 Å². The van der Waals surface area contributed by atoms with Crippen LogP contribution in [0.1, 0.15) is 58.1 Å². The smallest absolute Gasteiger partial charge is 0.0205 e. The highest BCUT2D eigenvalue weighted by atomic mass is 31.1. The average Bonchev–Trinajstić information content (AvgIpc) is 3.13. The minimum absolute atomic E-state index is 0.224. The first-order valence-electron chi connectivity index (χ1n) is 17.6. The monoisotopic (exact) mass is 669 g/mol. The molecule has 248 valence electrons. The van der Waals surface area contributed by atoms with Crippen LogP contribution in [0.3, 0.4) is 0 Å². The molecule has 1 nitrogen and oxygen atoms in total. The molecule has 0 aliphatic heterocycles. The van der Waals surface area contributed by atoms with Gasteiger partial charge >= 0.3 is 0 Å². The van der Waals surface area contributed by atoms with E-state index < -0.39 is 15.8 Å². The summed E-state index contributed by atoms with van der Waals surface area (Å²) in [5.41, 5.74) is 3.73. The van der Waals surface area contributed by atoms with Crippen molar-refractivity contribution in [1.29, 1.82) is 0 Å². The van der Waals surface area contributed by atoms with Gasteiger partial charge in [0.15, 0.2) is 0 Å². The normalized spacial score (nSPS) is 13.7. The first-order valence-corrected chi connectivity index (χ1v) is 20.4. The molecule has 3 atom stereocenters. The fraction of sp³-hybridized carbons (Fsp3) is 0.289. The number of hydrogen-bond acceptors (Lipinski definition) is 1. The van der Waals surface area contributed by atoms with Gasteiger partial charge in [0.25, 0.3) is 0 Å². The van der Waals surface area contributed by atoms with E-state index in [1.54, 1.807) is 0 Å². The summed E-state index contributed by atoms with van der Waals surface area (Å²) >= 11 is 0. The van der Waals surface area contributed by atoms with Gasteiger partial charge in [0.2, 0.25) is 0 Å². The van der Waals surface area contributed by atoms with Crippen molar-refractivity contribution >= 4 is 43.1 Å². The zero-order chi connectivity index (χ0) is 33.8. The van der Waals surface area contributed by atoms with Gasteiger partial charge in [-0.3, -0.25) is 0 Å². The Bertz CT molecular complexity index is 1560. The minimum atomic E-state index is -0.597. The SMILES string of the molecule is C=Cc1ccc(CNCCCC(C)(C)C(C)CC(C(C)P(c2ccccc2)c2ccccc2)P(c2ccccc2)c2ccccc2)cc1. The summed E-state index contributed by atoms with van der Waals surface area (Å²) in [7, 11) is -1.17. The molecule has 3 heteroatoms. The Kier molecular flexibility index (Phi) is 13.4. The highest BCUT2D eigenvalue weighted by Crippen LogP contribution is 2.54. The second-order valence-corrected chi connectivity index (χ2v) is 18.8. The fourth-order valence-electron chi connectivity index (χ4n) is 6.80. The second kappa shape index (κ2) is 17.9. The lowest BCUT2D eigenvalue weighted by Gasteiger charge is -2.42. The largest absolute Gasteiger partial charge is 0.313 e. The summed E-state index contributed by atoms with van der Waals surface area (Å²) in [6.45, 7) is 15.9. The predicted octanol–water partition coefficient (Wildman–Crippen LogP) is 10.3. The first-order chi connectivity index (χ1) is 23.4. The van der Waals surface area contributed by atoms with Gasteiger partial charge in [0, 0.05) is 6.54 Å². The van der Waals surface area contributed by atoms with Gasteiger partial charge in [-0.1, -0.05) is 186 Å². The first kappa shape index (κ1) is 36.0. The van der Waals surface area contributed by atoms with Gasteiger partial charge in [-0.15, -0.1) is 0 Å². The minimum Gasteiger partial charge on any atom is -0.313 e. The number of hydrogen-bond donors (Lipinski definition) is 1. The van der Waals surface area contributed by atoms with Crippen LogP contribution in [0.15, 0.2) is 152 Å². The molecule has 5 aromatic carbocycles. The molecule has 5 aromatic rings. The van der Waals surface area contributed by atoms with E-state index in [2.05, 4.69) is 185 Å². The molecule has 0 aliphatic rings. The summed E-state index contributed by atoms with van der Waals surface area (Å²) < 4.78 is 0. The lowest BCUT2D eigenvalue weighted by Crippen LogP contribution is -2.37. The summed E-state index contributed by atoms with van der Waals surface area (Å²) in [6.07, 6.45) is 5.48. The molecule has 3 unspecified atom stereocenters. The molecule has 0 aromatic heterocycles. The van der Waals surface area contributed by atoms with Crippen LogP contribution in [0, 0.1) is 11.3 Å². The standard InChI is InChI=1S/C45H53NP2/c1-6-38-28-30-39(31-29-38)35-46-33-19-32-45(4,5)36(2)34-44(48(42-24-15-9-16-25-42)43-26-17-10-18-27-43)37(3)47(40-20-11-7-12-21-40)41-22-13-8-14-23-41/h6-18,20-31,36-37,44,46H,1,19,32-35H2,2-5H3. The van der Waals surface area contributed by atoms with E-state index in [0.29, 0.717) is 17.2 Å². The highest BCUT2D eigenvalue weighted by molar-refractivity contribution is 7.77. The lowest BCUT2D eigenvalue weighted by atomic mass is 9.74. The van der Waals surface area contributed by atoms with Crippen molar-refractivity contribution in [2.75, 3.05) is 6.54 Å². The van der Waals surface area contributed by atoms with Gasteiger partial charge in [0.1, 0.15) is 0 Å². The van der Waals surface area contributed by atoms with Crippen LogP contribution in [0.25, 0.3) is 6.08 Å². The van der Waals surface area contributed by atoms with Gasteiger partial charge in [-0.05, 0) is 96.6 Å². The number of benzene rings is 5. The maximum atomic E-state index is 3.87. The van der Waals surface area contributed by atoms with Crippen LogP contribution >= 0.6 is 15.8 Å². The Morgan fingerprint density at radius 2 is 1.06 bits per heavy atom. The maximum absolute atomic E-state index is 3.87. The van der Waals surface area contributed by atoms with Crippen molar-refractivity contribution in [2.45, 2.75) is 64.8 Å². The molecule has 0 saturated carbocycles. The van der Waals surface area contributed by atoms with Crippen molar-refractivity contribution < 1.29 is 0 Å². The van der Waals surface area contributed by atoms with Crippen LogP contribution in [-0.4, -0.2) is 17.9 Å². The van der Waals surface area contributed by atoms with Gasteiger partial charge in [-0.2, -0.15) is 0 Å². The van der Waals surface area contributed by atoms with Crippen molar-refractivity contribution in [3.05, 3.63) is 163 Å². The number of nitrogens with one attached hydrogen (secondary N) is 1. The van der Waals surface area contributed by atoms with Crippen molar-refractivity contribution in [3.8, 4) is 0 Å². The molecule has 0 heterocycles. The maximum Gasteiger partial charge on any atom is 0.0205 e. The van der Waals surface area contributed by atoms with Crippen molar-refractivity contribution in [3.63, 3.8) is 0 Å². The molecule has 5 rings (SSSR count). The molecular weight excluding hydrogens is 616 g/mol. The van der Waals surface area contributed by atoms with E-state index in [4.69, 9.17) is 0 Å². The molecule has 0 aliphatic carbocycles. The van der Waals surface area contributed by atoms with E-state index >= 15 is 0 Å². The lowest BCUT2D eigenvalue weighted by molar-refractivity contribution is 0.193. The molecular formula is C45H53NP2. The highest BCUT2D eigenvalue weighted by Gasteiger charge is 2.38. The third-order valence-electron chi connectivity index (χ3n) is 10.1. The van der Waals surface area contributed by atoms with Gasteiger partial charge < -0.3 is 5.32 Å². The molecule has 0 fully saturated rings. The van der Waals surface area contributed by atoms with E-state index in [1.165, 1.54) is 51.6 Å². The van der Waals surface area contributed by atoms with Crippen LogP contribution in [0.5, 0.6) is 0 Å². The topological polar surface area (TPSA) is 12.0 Å².